The first-order valence-corrected chi connectivity index (χ1v) is 5.35. The zero-order valence-corrected chi connectivity index (χ0v) is 8.80. The first kappa shape index (κ1) is 9.43. The largest absolute Gasteiger partial charge is 0.472 e. The Hall–Kier alpha value is -1.13. The Labute approximate surface area is 86.8 Å². The molecule has 0 aliphatic rings. The molecule has 14 heavy (non-hydrogen) atoms. The van der Waals surface area contributed by atoms with Crippen molar-refractivity contribution >= 4 is 11.3 Å². The van der Waals surface area contributed by atoms with Crippen molar-refractivity contribution in [1.82, 2.24) is 10.3 Å². The number of thiazole rings is 1. The van der Waals surface area contributed by atoms with Crippen molar-refractivity contribution in [2.45, 2.75) is 20.0 Å². The van der Waals surface area contributed by atoms with E-state index < -0.39 is 0 Å². The fourth-order valence-corrected chi connectivity index (χ4v) is 1.96. The van der Waals surface area contributed by atoms with Gasteiger partial charge in [0, 0.05) is 23.5 Å². The Morgan fingerprint density at radius 1 is 1.50 bits per heavy atom. The second kappa shape index (κ2) is 4.39. The van der Waals surface area contributed by atoms with Crippen molar-refractivity contribution in [3.63, 3.8) is 0 Å². The van der Waals surface area contributed by atoms with Crippen molar-refractivity contribution < 1.29 is 4.42 Å². The van der Waals surface area contributed by atoms with Crippen molar-refractivity contribution in [3.8, 4) is 0 Å². The Bertz CT molecular complexity index is 380. The molecule has 2 aromatic heterocycles. The molecule has 2 heterocycles. The third-order valence-electron chi connectivity index (χ3n) is 2.04. The molecule has 2 rings (SSSR count). The maximum atomic E-state index is 4.98. The molecule has 1 N–H and O–H groups in total. The van der Waals surface area contributed by atoms with Crippen LogP contribution in [0.2, 0.25) is 0 Å². The van der Waals surface area contributed by atoms with E-state index >= 15 is 0 Å². The SMILES string of the molecule is Cc1ncsc1CNCc1ccoc1. The lowest BCUT2D eigenvalue weighted by molar-refractivity contribution is 0.560. The third kappa shape index (κ3) is 2.21. The molecule has 2 aromatic rings. The van der Waals surface area contributed by atoms with Crippen LogP contribution in [0.3, 0.4) is 0 Å². The molecule has 0 saturated carbocycles. The summed E-state index contributed by atoms with van der Waals surface area (Å²) in [5.74, 6) is 0. The molecule has 0 radical (unpaired) electrons. The van der Waals surface area contributed by atoms with Crippen LogP contribution in [0.15, 0.2) is 28.5 Å². The van der Waals surface area contributed by atoms with Crippen LogP contribution in [0.5, 0.6) is 0 Å². The van der Waals surface area contributed by atoms with Gasteiger partial charge in [0.25, 0.3) is 0 Å². The highest BCUT2D eigenvalue weighted by atomic mass is 32.1. The number of nitrogens with zero attached hydrogens (tertiary/aromatic N) is 1. The number of aromatic nitrogens is 1. The van der Waals surface area contributed by atoms with Gasteiger partial charge in [0.05, 0.1) is 23.7 Å². The first-order chi connectivity index (χ1) is 6.86. The van der Waals surface area contributed by atoms with E-state index in [0.717, 1.165) is 18.8 Å². The van der Waals surface area contributed by atoms with Crippen molar-refractivity contribution in [1.29, 1.82) is 0 Å². The van der Waals surface area contributed by atoms with Gasteiger partial charge in [-0.1, -0.05) is 0 Å². The van der Waals surface area contributed by atoms with E-state index in [1.54, 1.807) is 23.9 Å². The average molecular weight is 208 g/mol. The van der Waals surface area contributed by atoms with Crippen LogP contribution < -0.4 is 5.32 Å². The van der Waals surface area contributed by atoms with E-state index in [0.29, 0.717) is 0 Å². The summed E-state index contributed by atoms with van der Waals surface area (Å²) in [6.45, 7) is 3.75. The van der Waals surface area contributed by atoms with E-state index in [4.69, 9.17) is 4.42 Å². The number of hydrogen-bond acceptors (Lipinski definition) is 4. The molecule has 0 aliphatic heterocycles. The molecule has 0 aromatic carbocycles. The Kier molecular flexibility index (Phi) is 2.96. The molecule has 0 atom stereocenters. The topological polar surface area (TPSA) is 38.1 Å². The fraction of sp³-hybridized carbons (Fsp3) is 0.300. The summed E-state index contributed by atoms with van der Waals surface area (Å²) < 4.78 is 4.98. The van der Waals surface area contributed by atoms with Crippen LogP contribution in [0.1, 0.15) is 16.1 Å². The van der Waals surface area contributed by atoms with Crippen LogP contribution in [0.4, 0.5) is 0 Å². The minimum Gasteiger partial charge on any atom is -0.472 e. The van der Waals surface area contributed by atoms with Crippen molar-refractivity contribution in [3.05, 3.63) is 40.2 Å². The molecule has 0 fully saturated rings. The summed E-state index contributed by atoms with van der Waals surface area (Å²) >= 11 is 1.69. The lowest BCUT2D eigenvalue weighted by Gasteiger charge is -2.00. The molecule has 4 heteroatoms. The summed E-state index contributed by atoms with van der Waals surface area (Å²) in [5.41, 5.74) is 4.17. The second-order valence-corrected chi connectivity index (χ2v) is 4.04. The van der Waals surface area contributed by atoms with Gasteiger partial charge < -0.3 is 9.73 Å². The van der Waals surface area contributed by atoms with E-state index in [-0.39, 0.29) is 0 Å². The predicted molar refractivity (Wildman–Crippen MR) is 56.1 cm³/mol. The number of aryl methyl sites for hydroxylation is 1. The van der Waals surface area contributed by atoms with Gasteiger partial charge in [-0.15, -0.1) is 11.3 Å². The smallest absolute Gasteiger partial charge is 0.0947 e. The molecule has 0 saturated heterocycles. The van der Waals surface area contributed by atoms with Crippen LogP contribution in [-0.4, -0.2) is 4.98 Å². The zero-order chi connectivity index (χ0) is 9.80. The molecule has 0 aliphatic carbocycles. The molecule has 0 unspecified atom stereocenters. The minimum atomic E-state index is 0.841. The van der Waals surface area contributed by atoms with E-state index in [1.165, 1.54) is 10.4 Å². The van der Waals surface area contributed by atoms with Crippen LogP contribution in [-0.2, 0) is 13.1 Å². The normalized spacial score (nSPS) is 10.6. The summed E-state index contributed by atoms with van der Waals surface area (Å²) in [7, 11) is 0. The Morgan fingerprint density at radius 3 is 3.07 bits per heavy atom. The predicted octanol–water partition coefficient (Wildman–Crippen LogP) is 2.33. The van der Waals surface area contributed by atoms with Crippen LogP contribution >= 0.6 is 11.3 Å². The lowest BCUT2D eigenvalue weighted by atomic mass is 10.3. The standard InChI is InChI=1S/C10H12N2OS/c1-8-10(14-7-12-8)5-11-4-9-2-3-13-6-9/h2-3,6-7,11H,4-5H2,1H3. The molecular formula is C10H12N2OS. The molecule has 74 valence electrons. The summed E-state index contributed by atoms with van der Waals surface area (Å²) in [6.07, 6.45) is 3.45. The molecule has 0 amide bonds. The van der Waals surface area contributed by atoms with Gasteiger partial charge >= 0.3 is 0 Å². The van der Waals surface area contributed by atoms with Gasteiger partial charge in [0.15, 0.2) is 0 Å². The fourth-order valence-electron chi connectivity index (χ4n) is 1.21. The van der Waals surface area contributed by atoms with Gasteiger partial charge in [-0.05, 0) is 13.0 Å². The monoisotopic (exact) mass is 208 g/mol. The highest BCUT2D eigenvalue weighted by Crippen LogP contribution is 2.11. The van der Waals surface area contributed by atoms with Crippen LogP contribution in [0, 0.1) is 6.92 Å². The number of hydrogen-bond donors (Lipinski definition) is 1. The zero-order valence-electron chi connectivity index (χ0n) is 7.99. The highest BCUT2D eigenvalue weighted by molar-refractivity contribution is 7.09. The minimum absolute atomic E-state index is 0.841. The lowest BCUT2D eigenvalue weighted by Crippen LogP contribution is -2.11. The second-order valence-electron chi connectivity index (χ2n) is 3.10. The third-order valence-corrected chi connectivity index (χ3v) is 2.97. The molecule has 0 spiro atoms. The average Bonchev–Trinajstić information content (AvgIpc) is 2.78. The van der Waals surface area contributed by atoms with Crippen molar-refractivity contribution in [2.75, 3.05) is 0 Å². The maximum Gasteiger partial charge on any atom is 0.0947 e. The number of nitrogens with one attached hydrogen (secondary N) is 1. The summed E-state index contributed by atoms with van der Waals surface area (Å²) in [4.78, 5) is 5.49. The van der Waals surface area contributed by atoms with E-state index in [9.17, 15) is 0 Å². The summed E-state index contributed by atoms with van der Waals surface area (Å²) in [5, 5.41) is 3.34. The molecule has 3 nitrogen and oxygen atoms in total. The van der Waals surface area contributed by atoms with Crippen LogP contribution in [0.25, 0.3) is 0 Å². The van der Waals surface area contributed by atoms with E-state index in [2.05, 4.69) is 10.3 Å². The maximum absolute atomic E-state index is 4.98. The first-order valence-electron chi connectivity index (χ1n) is 4.47. The van der Waals surface area contributed by atoms with Gasteiger partial charge in [0.2, 0.25) is 0 Å². The number of rotatable bonds is 4. The molecular weight excluding hydrogens is 196 g/mol. The Balaban J connectivity index is 1.81. The van der Waals surface area contributed by atoms with Gasteiger partial charge in [-0.3, -0.25) is 0 Å². The van der Waals surface area contributed by atoms with E-state index in [1.807, 2.05) is 18.5 Å². The van der Waals surface area contributed by atoms with Gasteiger partial charge in [-0.2, -0.15) is 0 Å². The highest BCUT2D eigenvalue weighted by Gasteiger charge is 2.00. The van der Waals surface area contributed by atoms with Crippen molar-refractivity contribution in [2.24, 2.45) is 0 Å². The Morgan fingerprint density at radius 2 is 2.43 bits per heavy atom. The molecule has 0 bridgehead atoms. The summed E-state index contributed by atoms with van der Waals surface area (Å²) in [6, 6.07) is 1.96. The van der Waals surface area contributed by atoms with Gasteiger partial charge in [0.1, 0.15) is 0 Å². The number of furan rings is 1. The quantitative estimate of drug-likeness (QED) is 0.838. The van der Waals surface area contributed by atoms with Gasteiger partial charge in [-0.25, -0.2) is 4.98 Å².